The van der Waals surface area contributed by atoms with Crippen molar-refractivity contribution in [1.82, 2.24) is 10.2 Å². The molecule has 0 radical (unpaired) electrons. The van der Waals surface area contributed by atoms with Crippen LogP contribution < -0.4 is 10.6 Å². The lowest BCUT2D eigenvalue weighted by Crippen LogP contribution is -2.38. The van der Waals surface area contributed by atoms with Gasteiger partial charge in [-0.25, -0.2) is 4.39 Å². The molecule has 0 aliphatic carbocycles. The quantitative estimate of drug-likeness (QED) is 0.820. The van der Waals surface area contributed by atoms with E-state index in [1.54, 1.807) is 31.3 Å². The van der Waals surface area contributed by atoms with Crippen LogP contribution in [0.2, 0.25) is 0 Å². The summed E-state index contributed by atoms with van der Waals surface area (Å²) in [5.74, 6) is -1.18. The first-order valence-corrected chi connectivity index (χ1v) is 8.44. The lowest BCUT2D eigenvalue weighted by molar-refractivity contribution is -0.133. The summed E-state index contributed by atoms with van der Waals surface area (Å²) in [4.78, 5) is 36.6. The molecule has 2 N–H and O–H groups in total. The number of nitrogens with zero attached hydrogens (tertiary/aromatic N) is 1. The summed E-state index contributed by atoms with van der Waals surface area (Å²) < 4.78 is 12.9. The molecule has 3 amide bonds. The highest BCUT2D eigenvalue weighted by atomic mass is 19.1. The first-order valence-electron chi connectivity index (χ1n) is 8.44. The fourth-order valence-corrected chi connectivity index (χ4v) is 2.36. The molecular formula is C20H22FN3O3. The molecule has 2 aromatic carbocycles. The van der Waals surface area contributed by atoms with E-state index in [4.69, 9.17) is 0 Å². The van der Waals surface area contributed by atoms with Gasteiger partial charge in [0.1, 0.15) is 5.82 Å². The smallest absolute Gasteiger partial charge is 0.255 e. The second kappa shape index (κ2) is 8.93. The maximum absolute atomic E-state index is 12.9. The van der Waals surface area contributed by atoms with Gasteiger partial charge < -0.3 is 15.5 Å². The Kier molecular flexibility index (Phi) is 6.65. The van der Waals surface area contributed by atoms with Gasteiger partial charge in [-0.15, -0.1) is 0 Å². The Morgan fingerprint density at radius 1 is 1.04 bits per heavy atom. The Labute approximate surface area is 157 Å². The predicted octanol–water partition coefficient (Wildman–Crippen LogP) is 2.73. The number of rotatable bonds is 6. The maximum Gasteiger partial charge on any atom is 0.255 e. The van der Waals surface area contributed by atoms with Crippen LogP contribution in [0.5, 0.6) is 0 Å². The third-order valence-electron chi connectivity index (χ3n) is 4.07. The molecule has 0 aromatic heterocycles. The molecule has 142 valence electrons. The highest BCUT2D eigenvalue weighted by Crippen LogP contribution is 2.17. The minimum Gasteiger partial charge on any atom is -0.348 e. The van der Waals surface area contributed by atoms with Crippen LogP contribution in [0, 0.1) is 5.82 Å². The predicted molar refractivity (Wildman–Crippen MR) is 101 cm³/mol. The number of halogens is 1. The standard InChI is InChI=1S/C20H22FN3O3/c1-13(22-19(26)12-24(3)14(2)25)15-6-10-18(11-7-15)23-20(27)16-4-8-17(21)9-5-16/h4-11,13H,12H2,1-3H3,(H,22,26)(H,23,27)/t13-/m0/s1. The molecule has 0 aliphatic rings. The molecule has 6 nitrogen and oxygen atoms in total. The number of amides is 3. The number of benzene rings is 2. The van der Waals surface area contributed by atoms with Gasteiger partial charge in [-0.2, -0.15) is 0 Å². The van der Waals surface area contributed by atoms with E-state index >= 15 is 0 Å². The SMILES string of the molecule is CC(=O)N(C)CC(=O)N[C@@H](C)c1ccc(NC(=O)c2ccc(F)cc2)cc1. The molecule has 0 unspecified atom stereocenters. The van der Waals surface area contributed by atoms with Gasteiger partial charge in [0.15, 0.2) is 0 Å². The van der Waals surface area contributed by atoms with Crippen molar-refractivity contribution >= 4 is 23.4 Å². The van der Waals surface area contributed by atoms with Gasteiger partial charge in [0.25, 0.3) is 5.91 Å². The van der Waals surface area contributed by atoms with Crippen molar-refractivity contribution in [1.29, 1.82) is 0 Å². The number of hydrogen-bond acceptors (Lipinski definition) is 3. The summed E-state index contributed by atoms with van der Waals surface area (Å²) in [5.41, 5.74) is 1.80. The van der Waals surface area contributed by atoms with E-state index < -0.39 is 5.82 Å². The van der Waals surface area contributed by atoms with Crippen molar-refractivity contribution < 1.29 is 18.8 Å². The fourth-order valence-electron chi connectivity index (χ4n) is 2.36. The van der Waals surface area contributed by atoms with Crippen molar-refractivity contribution in [2.75, 3.05) is 18.9 Å². The zero-order chi connectivity index (χ0) is 20.0. The average Bonchev–Trinajstić information content (AvgIpc) is 2.62. The summed E-state index contributed by atoms with van der Waals surface area (Å²) >= 11 is 0. The molecule has 0 saturated heterocycles. The Morgan fingerprint density at radius 3 is 2.19 bits per heavy atom. The number of carbonyl (C=O) groups excluding carboxylic acids is 3. The molecule has 27 heavy (non-hydrogen) atoms. The number of hydrogen-bond donors (Lipinski definition) is 2. The number of likely N-dealkylation sites (N-methyl/N-ethyl adjacent to an activating group) is 1. The topological polar surface area (TPSA) is 78.5 Å². The van der Waals surface area contributed by atoms with E-state index in [2.05, 4.69) is 10.6 Å². The third-order valence-corrected chi connectivity index (χ3v) is 4.07. The van der Waals surface area contributed by atoms with Crippen LogP contribution in [0.1, 0.15) is 35.8 Å². The molecule has 0 bridgehead atoms. The maximum atomic E-state index is 12.9. The van der Waals surface area contributed by atoms with Crippen molar-refractivity contribution in [3.8, 4) is 0 Å². The molecule has 0 fully saturated rings. The largest absolute Gasteiger partial charge is 0.348 e. The summed E-state index contributed by atoms with van der Waals surface area (Å²) in [5, 5.41) is 5.55. The molecule has 1 atom stereocenters. The van der Waals surface area contributed by atoms with E-state index in [0.29, 0.717) is 11.3 Å². The van der Waals surface area contributed by atoms with Crippen LogP contribution in [-0.4, -0.2) is 36.2 Å². The van der Waals surface area contributed by atoms with Gasteiger partial charge in [0.2, 0.25) is 11.8 Å². The van der Waals surface area contributed by atoms with Gasteiger partial charge >= 0.3 is 0 Å². The zero-order valence-corrected chi connectivity index (χ0v) is 15.5. The minimum absolute atomic E-state index is 0.00845. The Hall–Kier alpha value is -3.22. The van der Waals surface area contributed by atoms with E-state index in [1.165, 1.54) is 36.1 Å². The van der Waals surface area contributed by atoms with Crippen molar-refractivity contribution in [2.24, 2.45) is 0 Å². The second-order valence-corrected chi connectivity index (χ2v) is 6.25. The Balaban J connectivity index is 1.93. The lowest BCUT2D eigenvalue weighted by atomic mass is 10.1. The van der Waals surface area contributed by atoms with Gasteiger partial charge in [-0.1, -0.05) is 12.1 Å². The monoisotopic (exact) mass is 371 g/mol. The van der Waals surface area contributed by atoms with Crippen molar-refractivity contribution in [3.05, 3.63) is 65.5 Å². The summed E-state index contributed by atoms with van der Waals surface area (Å²) in [6.45, 7) is 3.22. The normalized spacial score (nSPS) is 11.4. The van der Waals surface area contributed by atoms with Gasteiger partial charge in [0, 0.05) is 25.2 Å². The van der Waals surface area contributed by atoms with Crippen LogP contribution >= 0.6 is 0 Å². The van der Waals surface area contributed by atoms with E-state index in [0.717, 1.165) is 5.56 Å². The van der Waals surface area contributed by atoms with Crippen LogP contribution in [0.15, 0.2) is 48.5 Å². The molecule has 0 aliphatic heterocycles. The van der Waals surface area contributed by atoms with Gasteiger partial charge in [0.05, 0.1) is 12.6 Å². The Bertz CT molecular complexity index is 819. The van der Waals surface area contributed by atoms with Crippen molar-refractivity contribution in [3.63, 3.8) is 0 Å². The number of anilines is 1. The van der Waals surface area contributed by atoms with Crippen LogP contribution in [0.25, 0.3) is 0 Å². The van der Waals surface area contributed by atoms with Crippen molar-refractivity contribution in [2.45, 2.75) is 19.9 Å². The summed E-state index contributed by atoms with van der Waals surface area (Å²) in [6, 6.07) is 12.1. The molecule has 0 spiro atoms. The molecule has 0 heterocycles. The first kappa shape index (κ1) is 20.1. The van der Waals surface area contributed by atoms with Gasteiger partial charge in [-0.3, -0.25) is 14.4 Å². The highest BCUT2D eigenvalue weighted by Gasteiger charge is 2.13. The number of nitrogens with one attached hydrogen (secondary N) is 2. The Morgan fingerprint density at radius 2 is 1.63 bits per heavy atom. The zero-order valence-electron chi connectivity index (χ0n) is 15.5. The summed E-state index contributed by atoms with van der Waals surface area (Å²) in [7, 11) is 1.56. The second-order valence-electron chi connectivity index (χ2n) is 6.25. The third kappa shape index (κ3) is 5.91. The number of carbonyl (C=O) groups is 3. The molecule has 2 rings (SSSR count). The fraction of sp³-hybridized carbons (Fsp3) is 0.250. The molecule has 0 saturated carbocycles. The lowest BCUT2D eigenvalue weighted by Gasteiger charge is -2.18. The van der Waals surface area contributed by atoms with Crippen LogP contribution in [0.3, 0.4) is 0 Å². The molecule has 2 aromatic rings. The van der Waals surface area contributed by atoms with Gasteiger partial charge in [-0.05, 0) is 48.9 Å². The summed E-state index contributed by atoms with van der Waals surface area (Å²) in [6.07, 6.45) is 0. The van der Waals surface area contributed by atoms with Crippen LogP contribution in [-0.2, 0) is 9.59 Å². The molecule has 7 heteroatoms. The average molecular weight is 371 g/mol. The van der Waals surface area contributed by atoms with E-state index in [9.17, 15) is 18.8 Å². The molecular weight excluding hydrogens is 349 g/mol. The highest BCUT2D eigenvalue weighted by molar-refractivity contribution is 6.04. The minimum atomic E-state index is -0.401. The van der Waals surface area contributed by atoms with E-state index in [1.807, 2.05) is 6.92 Å². The van der Waals surface area contributed by atoms with E-state index in [-0.39, 0.29) is 30.3 Å². The van der Waals surface area contributed by atoms with Crippen LogP contribution in [0.4, 0.5) is 10.1 Å². The first-order chi connectivity index (χ1) is 12.8.